The monoisotopic (exact) mass is 989 g/mol. The lowest BCUT2D eigenvalue weighted by Gasteiger charge is -2.14. The first-order chi connectivity index (χ1) is 33.0. The van der Waals surface area contributed by atoms with Crippen molar-refractivity contribution < 1.29 is 24.1 Å². The summed E-state index contributed by atoms with van der Waals surface area (Å²) in [5.74, 6) is 2.41. The zero-order valence-electron chi connectivity index (χ0n) is 43.8. The van der Waals surface area contributed by atoms with Crippen LogP contribution >= 0.6 is 23.2 Å². The molecular weight excluding hydrogens is 914 g/mol. The van der Waals surface area contributed by atoms with E-state index in [1.807, 2.05) is 90.1 Å². The number of fused-ring (bicyclic) bond motifs is 2. The molecule has 0 aromatic heterocycles. The van der Waals surface area contributed by atoms with Crippen LogP contribution in [0.4, 0.5) is 8.78 Å². The van der Waals surface area contributed by atoms with Crippen molar-refractivity contribution in [2.45, 2.75) is 139 Å². The molecule has 7 heteroatoms. The molecule has 0 unspecified atom stereocenters. The summed E-state index contributed by atoms with van der Waals surface area (Å²) in [5, 5.41) is 32.0. The standard InChI is InChI=1S/C13H14O.C13H16.C10H13Cl.C9H11ClO.C9H11FO.C9H11F/c1-9(2)13-8-11(14)7-10-5-3-4-6-12(10)13;1-9(2)13-10(3)7-8-11-5-4-6-12(11)13;1-7(2)9-6-8(3)4-5-10(9)11;2*1-6(2)9-7(10)4-3-5-8(9)11;1-7(2)8-5-3-4-6-9(8)10/h3-9,14H,1-2H3;4,6-9H,5H2,1-3H3;4-7H,1-3H3;2*3-6,11H,1-2H3;3-7H,1-2H3. The second-order valence-corrected chi connectivity index (χ2v) is 20.4. The average molecular weight is 990 g/mol. The number of halogens is 4. The van der Waals surface area contributed by atoms with E-state index in [0.29, 0.717) is 34.1 Å². The first-order valence-corrected chi connectivity index (χ1v) is 25.2. The summed E-state index contributed by atoms with van der Waals surface area (Å²) < 4.78 is 25.8. The van der Waals surface area contributed by atoms with E-state index in [1.54, 1.807) is 30.3 Å². The fourth-order valence-electron chi connectivity index (χ4n) is 8.28. The van der Waals surface area contributed by atoms with Crippen molar-refractivity contribution in [3.8, 4) is 17.2 Å². The molecule has 0 heterocycles. The summed E-state index contributed by atoms with van der Waals surface area (Å²) in [6.07, 6.45) is 5.66. The van der Waals surface area contributed by atoms with Crippen molar-refractivity contribution in [2.75, 3.05) is 0 Å². The van der Waals surface area contributed by atoms with E-state index < -0.39 is 0 Å². The van der Waals surface area contributed by atoms with Crippen LogP contribution in [-0.4, -0.2) is 15.3 Å². The Kier molecular flexibility index (Phi) is 23.7. The number of aromatic hydroxyl groups is 3. The van der Waals surface area contributed by atoms with Crippen LogP contribution in [0.3, 0.4) is 0 Å². The van der Waals surface area contributed by atoms with Crippen molar-refractivity contribution in [1.29, 1.82) is 0 Å². The lowest BCUT2D eigenvalue weighted by molar-refractivity contribution is 0.454. The van der Waals surface area contributed by atoms with Gasteiger partial charge in [0.25, 0.3) is 0 Å². The molecular formula is C63H76Cl2F2O3. The van der Waals surface area contributed by atoms with E-state index >= 15 is 0 Å². The number of hydrogen-bond donors (Lipinski definition) is 3. The molecule has 7 aromatic rings. The highest BCUT2D eigenvalue weighted by molar-refractivity contribution is 6.31. The number of rotatable bonds is 6. The topological polar surface area (TPSA) is 60.7 Å². The Morgan fingerprint density at radius 2 is 1.00 bits per heavy atom. The normalized spacial score (nSPS) is 11.3. The van der Waals surface area contributed by atoms with Crippen molar-refractivity contribution in [3.05, 3.63) is 211 Å². The third-order valence-electron chi connectivity index (χ3n) is 11.8. The number of allylic oxidation sites excluding steroid dienone is 1. The molecule has 70 heavy (non-hydrogen) atoms. The van der Waals surface area contributed by atoms with Gasteiger partial charge in [0.05, 0.1) is 0 Å². The molecule has 7 aromatic carbocycles. The maximum atomic E-state index is 12.9. The van der Waals surface area contributed by atoms with Gasteiger partial charge in [0, 0.05) is 21.2 Å². The van der Waals surface area contributed by atoms with Gasteiger partial charge >= 0.3 is 0 Å². The average Bonchev–Trinajstić information content (AvgIpc) is 3.76. The fourth-order valence-corrected chi connectivity index (χ4v) is 9.00. The molecule has 0 radical (unpaired) electrons. The van der Waals surface area contributed by atoms with E-state index in [2.05, 4.69) is 91.8 Å². The van der Waals surface area contributed by atoms with Gasteiger partial charge in [0.1, 0.15) is 28.9 Å². The van der Waals surface area contributed by atoms with Gasteiger partial charge < -0.3 is 15.3 Å². The van der Waals surface area contributed by atoms with Gasteiger partial charge in [-0.25, -0.2) is 8.78 Å². The molecule has 3 N–H and O–H groups in total. The Hall–Kier alpha value is -5.62. The molecule has 0 fully saturated rings. The van der Waals surface area contributed by atoms with Gasteiger partial charge in [-0.2, -0.15) is 0 Å². The molecule has 0 amide bonds. The molecule has 0 spiro atoms. The van der Waals surface area contributed by atoms with Gasteiger partial charge in [0.15, 0.2) is 0 Å². The van der Waals surface area contributed by atoms with Gasteiger partial charge in [-0.1, -0.05) is 203 Å². The number of phenolic OH excluding ortho intramolecular Hbond substituents is 3. The number of hydrogen-bond acceptors (Lipinski definition) is 3. The van der Waals surface area contributed by atoms with Crippen LogP contribution in [0.5, 0.6) is 17.2 Å². The minimum Gasteiger partial charge on any atom is -0.508 e. The Bertz CT molecular complexity index is 2670. The summed E-state index contributed by atoms with van der Waals surface area (Å²) >= 11 is 11.9. The summed E-state index contributed by atoms with van der Waals surface area (Å²) in [5.41, 5.74) is 11.7. The Morgan fingerprint density at radius 1 is 0.457 bits per heavy atom. The van der Waals surface area contributed by atoms with Crippen LogP contribution in [0.25, 0.3) is 16.8 Å². The van der Waals surface area contributed by atoms with Crippen LogP contribution in [0, 0.1) is 25.5 Å². The van der Waals surface area contributed by atoms with Gasteiger partial charge in [-0.15, -0.1) is 0 Å². The summed E-state index contributed by atoms with van der Waals surface area (Å²) in [6, 6.07) is 38.9. The van der Waals surface area contributed by atoms with Crippen LogP contribution in [0.2, 0.25) is 10.0 Å². The summed E-state index contributed by atoms with van der Waals surface area (Å²) in [7, 11) is 0. The molecule has 0 aliphatic heterocycles. The second-order valence-electron chi connectivity index (χ2n) is 19.6. The minimum atomic E-state index is -0.333. The molecule has 1 aliphatic rings. The van der Waals surface area contributed by atoms with Crippen LogP contribution in [-0.2, 0) is 6.42 Å². The van der Waals surface area contributed by atoms with Crippen molar-refractivity contribution in [2.24, 2.45) is 0 Å². The molecule has 0 bridgehead atoms. The van der Waals surface area contributed by atoms with E-state index in [1.165, 1.54) is 68.6 Å². The highest BCUT2D eigenvalue weighted by atomic mass is 35.5. The highest BCUT2D eigenvalue weighted by Crippen LogP contribution is 2.34. The zero-order chi connectivity index (χ0) is 52.4. The van der Waals surface area contributed by atoms with Crippen molar-refractivity contribution >= 4 is 40.1 Å². The molecule has 1 aliphatic carbocycles. The molecule has 374 valence electrons. The lowest BCUT2D eigenvalue weighted by Crippen LogP contribution is -1.97. The predicted octanol–water partition coefficient (Wildman–Crippen LogP) is 19.9. The van der Waals surface area contributed by atoms with Crippen molar-refractivity contribution in [1.82, 2.24) is 0 Å². The van der Waals surface area contributed by atoms with E-state index in [-0.39, 0.29) is 40.9 Å². The van der Waals surface area contributed by atoms with Gasteiger partial charge in [0.2, 0.25) is 0 Å². The number of benzene rings is 7. The highest BCUT2D eigenvalue weighted by Gasteiger charge is 2.15. The molecule has 0 atom stereocenters. The van der Waals surface area contributed by atoms with E-state index in [0.717, 1.165) is 28.0 Å². The van der Waals surface area contributed by atoms with Crippen LogP contribution in [0.15, 0.2) is 133 Å². The molecule has 0 saturated heterocycles. The molecule has 3 nitrogen and oxygen atoms in total. The third-order valence-corrected chi connectivity index (χ3v) is 12.5. The zero-order valence-corrected chi connectivity index (χ0v) is 45.3. The quantitative estimate of drug-likeness (QED) is 0.156. The SMILES string of the molecule is CC(C)c1c(O)cccc1Cl.CC(C)c1c(O)cccc1F.CC(C)c1cc(O)cc2ccccc12.CC(C)c1ccccc1F.Cc1ccc(Cl)c(C(C)C)c1.Cc1ccc2c(c1C(C)C)C=CC2. The largest absolute Gasteiger partial charge is 0.508 e. The minimum absolute atomic E-state index is 0.0243. The number of phenols is 3. The number of aryl methyl sites for hydroxylation is 2. The van der Waals surface area contributed by atoms with Gasteiger partial charge in [-0.05, 0) is 154 Å². The summed E-state index contributed by atoms with van der Waals surface area (Å²) in [4.78, 5) is 0. The smallest absolute Gasteiger partial charge is 0.130 e. The van der Waals surface area contributed by atoms with Gasteiger partial charge in [-0.3, -0.25) is 0 Å². The first-order valence-electron chi connectivity index (χ1n) is 24.4. The van der Waals surface area contributed by atoms with Crippen LogP contribution in [0.1, 0.15) is 174 Å². The van der Waals surface area contributed by atoms with E-state index in [4.69, 9.17) is 23.2 Å². The Morgan fingerprint density at radius 3 is 1.50 bits per heavy atom. The molecule has 8 rings (SSSR count). The lowest BCUT2D eigenvalue weighted by atomic mass is 9.91. The van der Waals surface area contributed by atoms with E-state index in [9.17, 15) is 24.1 Å². The molecule has 0 saturated carbocycles. The third kappa shape index (κ3) is 17.4. The maximum absolute atomic E-state index is 12.9. The summed E-state index contributed by atoms with van der Waals surface area (Å²) in [6.45, 7) is 29.1. The predicted molar refractivity (Wildman–Crippen MR) is 298 cm³/mol. The Balaban J connectivity index is 0.000000223. The maximum Gasteiger partial charge on any atom is 0.130 e. The Labute approximate surface area is 428 Å². The second kappa shape index (κ2) is 28.3. The fraction of sp³-hybridized carbons (Fsp3) is 0.333. The van der Waals surface area contributed by atoms with Crippen molar-refractivity contribution in [3.63, 3.8) is 0 Å². The van der Waals surface area contributed by atoms with Crippen LogP contribution < -0.4 is 0 Å². The first kappa shape index (κ1) is 58.7.